The van der Waals surface area contributed by atoms with Gasteiger partial charge in [-0.3, -0.25) is 0 Å². The highest BCUT2D eigenvalue weighted by atomic mass is 79.9. The van der Waals surface area contributed by atoms with Crippen LogP contribution in [-0.2, 0) is 0 Å². The molecule has 0 fully saturated rings. The second-order valence-corrected chi connectivity index (χ2v) is 4.55. The quantitative estimate of drug-likeness (QED) is 0.926. The van der Waals surface area contributed by atoms with Crippen molar-refractivity contribution in [3.8, 4) is 17.2 Å². The zero-order valence-electron chi connectivity index (χ0n) is 10.1. The van der Waals surface area contributed by atoms with Crippen LogP contribution >= 0.6 is 15.9 Å². The average Bonchev–Trinajstić information content (AvgIpc) is 2.39. The second-order valence-electron chi connectivity index (χ2n) is 3.70. The second kappa shape index (κ2) is 5.75. The molecule has 19 heavy (non-hydrogen) atoms. The van der Waals surface area contributed by atoms with Crippen LogP contribution in [-0.4, -0.2) is 18.2 Å². The highest BCUT2D eigenvalue weighted by Crippen LogP contribution is 2.32. The Hall–Kier alpha value is -2.01. The van der Waals surface area contributed by atoms with E-state index in [1.807, 2.05) is 12.1 Å². The molecule has 0 aliphatic heterocycles. The highest BCUT2D eigenvalue weighted by Gasteiger charge is 2.10. The molecule has 2 aromatic rings. The topological polar surface area (TPSA) is 55.8 Å². The van der Waals surface area contributed by atoms with Gasteiger partial charge in [0.2, 0.25) is 0 Å². The van der Waals surface area contributed by atoms with E-state index in [9.17, 15) is 4.79 Å². The molecule has 98 valence electrons. The summed E-state index contributed by atoms with van der Waals surface area (Å²) in [6.07, 6.45) is 0. The summed E-state index contributed by atoms with van der Waals surface area (Å²) in [5.74, 6) is 0.720. The van der Waals surface area contributed by atoms with Crippen molar-refractivity contribution in [2.24, 2.45) is 0 Å². The van der Waals surface area contributed by atoms with E-state index in [2.05, 4.69) is 15.9 Å². The molecule has 0 heterocycles. The van der Waals surface area contributed by atoms with Gasteiger partial charge in [0.15, 0.2) is 11.5 Å². The van der Waals surface area contributed by atoms with Crippen LogP contribution in [0.1, 0.15) is 10.4 Å². The predicted molar refractivity (Wildman–Crippen MR) is 74.2 cm³/mol. The molecule has 0 amide bonds. The van der Waals surface area contributed by atoms with Crippen LogP contribution in [0.4, 0.5) is 0 Å². The Labute approximate surface area is 118 Å². The summed E-state index contributed by atoms with van der Waals surface area (Å²) in [6, 6.07) is 11.9. The molecule has 0 aliphatic rings. The molecule has 2 aromatic carbocycles. The van der Waals surface area contributed by atoms with Gasteiger partial charge in [0.1, 0.15) is 5.75 Å². The van der Waals surface area contributed by atoms with E-state index in [-0.39, 0.29) is 5.56 Å². The maximum absolute atomic E-state index is 10.9. The summed E-state index contributed by atoms with van der Waals surface area (Å²) in [6.45, 7) is 0. The van der Waals surface area contributed by atoms with Crippen molar-refractivity contribution in [2.45, 2.75) is 0 Å². The Kier molecular flexibility index (Phi) is 4.06. The van der Waals surface area contributed by atoms with Gasteiger partial charge >= 0.3 is 5.97 Å². The fourth-order valence-corrected chi connectivity index (χ4v) is 2.09. The number of rotatable bonds is 4. The first-order chi connectivity index (χ1) is 9.11. The van der Waals surface area contributed by atoms with Crippen LogP contribution < -0.4 is 9.47 Å². The van der Waals surface area contributed by atoms with Gasteiger partial charge in [-0.2, -0.15) is 0 Å². The van der Waals surface area contributed by atoms with E-state index < -0.39 is 5.97 Å². The number of halogens is 1. The number of carboxylic acid groups (broad SMARTS) is 1. The monoisotopic (exact) mass is 322 g/mol. The molecule has 0 aromatic heterocycles. The molecular weight excluding hydrogens is 312 g/mol. The molecule has 2 rings (SSSR count). The minimum atomic E-state index is -0.990. The zero-order chi connectivity index (χ0) is 13.8. The minimum absolute atomic E-state index is 0.187. The van der Waals surface area contributed by atoms with E-state index >= 15 is 0 Å². The van der Waals surface area contributed by atoms with Crippen LogP contribution in [0, 0.1) is 0 Å². The van der Waals surface area contributed by atoms with Crippen LogP contribution in [0.15, 0.2) is 46.9 Å². The van der Waals surface area contributed by atoms with Gasteiger partial charge in [-0.05, 0) is 46.3 Å². The summed E-state index contributed by atoms with van der Waals surface area (Å²) in [5.41, 5.74) is 0.187. The van der Waals surface area contributed by atoms with Gasteiger partial charge in [0.25, 0.3) is 0 Å². The van der Waals surface area contributed by atoms with Crippen LogP contribution in [0.2, 0.25) is 0 Å². The van der Waals surface area contributed by atoms with Crippen LogP contribution in [0.25, 0.3) is 0 Å². The van der Waals surface area contributed by atoms with E-state index in [4.69, 9.17) is 14.6 Å². The number of benzene rings is 2. The molecule has 0 bridgehead atoms. The highest BCUT2D eigenvalue weighted by molar-refractivity contribution is 9.10. The molecule has 0 aliphatic carbocycles. The summed E-state index contributed by atoms with van der Waals surface area (Å²) >= 11 is 3.20. The van der Waals surface area contributed by atoms with Gasteiger partial charge in [0.05, 0.1) is 12.7 Å². The Morgan fingerprint density at radius 1 is 1.16 bits per heavy atom. The molecule has 0 atom stereocenters. The fourth-order valence-electron chi connectivity index (χ4n) is 1.56. The first-order valence-electron chi connectivity index (χ1n) is 5.45. The third-order valence-corrected chi connectivity index (χ3v) is 3.12. The molecule has 5 heteroatoms. The zero-order valence-corrected chi connectivity index (χ0v) is 11.7. The maximum atomic E-state index is 10.9. The van der Waals surface area contributed by atoms with Gasteiger partial charge in [-0.25, -0.2) is 4.79 Å². The van der Waals surface area contributed by atoms with E-state index in [1.54, 1.807) is 31.4 Å². The van der Waals surface area contributed by atoms with Gasteiger partial charge in [0, 0.05) is 4.47 Å². The standard InChI is InChI=1S/C14H11BrO4/c1-18-12-4-2-3-5-13(12)19-9-6-7-10(14(16)17)11(15)8-9/h2-8H,1H3,(H,16,17). The van der Waals surface area contributed by atoms with Crippen LogP contribution in [0.3, 0.4) is 0 Å². The molecule has 0 saturated heterocycles. The Morgan fingerprint density at radius 2 is 1.84 bits per heavy atom. The lowest BCUT2D eigenvalue weighted by Crippen LogP contribution is -1.97. The Morgan fingerprint density at radius 3 is 2.42 bits per heavy atom. The van der Waals surface area contributed by atoms with Gasteiger partial charge in [-0.1, -0.05) is 12.1 Å². The summed E-state index contributed by atoms with van der Waals surface area (Å²) in [4.78, 5) is 10.9. The van der Waals surface area contributed by atoms with E-state index in [0.717, 1.165) is 0 Å². The van der Waals surface area contributed by atoms with Crippen LogP contribution in [0.5, 0.6) is 17.2 Å². The lowest BCUT2D eigenvalue weighted by atomic mass is 10.2. The van der Waals surface area contributed by atoms with Crippen molar-refractivity contribution in [1.82, 2.24) is 0 Å². The Balaban J connectivity index is 2.29. The lowest BCUT2D eigenvalue weighted by Gasteiger charge is -2.10. The average molecular weight is 323 g/mol. The van der Waals surface area contributed by atoms with Crippen molar-refractivity contribution in [2.75, 3.05) is 7.11 Å². The SMILES string of the molecule is COc1ccccc1Oc1ccc(C(=O)O)c(Br)c1. The Bertz CT molecular complexity index is 610. The minimum Gasteiger partial charge on any atom is -0.493 e. The summed E-state index contributed by atoms with van der Waals surface area (Å²) in [7, 11) is 1.56. The first-order valence-corrected chi connectivity index (χ1v) is 6.25. The molecule has 0 unspecified atom stereocenters. The molecule has 1 N–H and O–H groups in total. The molecule has 4 nitrogen and oxygen atoms in total. The van der Waals surface area contributed by atoms with E-state index in [0.29, 0.717) is 21.7 Å². The smallest absolute Gasteiger partial charge is 0.336 e. The van der Waals surface area contributed by atoms with Crippen molar-refractivity contribution in [3.63, 3.8) is 0 Å². The lowest BCUT2D eigenvalue weighted by molar-refractivity contribution is 0.0696. The molecular formula is C14H11BrO4. The van der Waals surface area contributed by atoms with Crippen molar-refractivity contribution in [3.05, 3.63) is 52.5 Å². The third kappa shape index (κ3) is 3.06. The fraction of sp³-hybridized carbons (Fsp3) is 0.0714. The number of methoxy groups -OCH3 is 1. The number of aromatic carboxylic acids is 1. The van der Waals surface area contributed by atoms with Gasteiger partial charge in [-0.15, -0.1) is 0 Å². The van der Waals surface area contributed by atoms with Gasteiger partial charge < -0.3 is 14.6 Å². The summed E-state index contributed by atoms with van der Waals surface area (Å²) < 4.78 is 11.3. The van der Waals surface area contributed by atoms with Crippen molar-refractivity contribution >= 4 is 21.9 Å². The predicted octanol–water partition coefficient (Wildman–Crippen LogP) is 3.95. The number of para-hydroxylation sites is 2. The number of hydrogen-bond donors (Lipinski definition) is 1. The normalized spacial score (nSPS) is 10.0. The summed E-state index contributed by atoms with van der Waals surface area (Å²) in [5, 5.41) is 8.94. The first kappa shape index (κ1) is 13.4. The molecule has 0 spiro atoms. The number of ether oxygens (including phenoxy) is 2. The molecule has 0 saturated carbocycles. The van der Waals surface area contributed by atoms with Crippen molar-refractivity contribution < 1.29 is 19.4 Å². The van der Waals surface area contributed by atoms with Crippen molar-refractivity contribution in [1.29, 1.82) is 0 Å². The van der Waals surface area contributed by atoms with E-state index in [1.165, 1.54) is 6.07 Å². The number of hydrogen-bond acceptors (Lipinski definition) is 3. The maximum Gasteiger partial charge on any atom is 0.336 e. The number of carbonyl (C=O) groups is 1. The largest absolute Gasteiger partial charge is 0.493 e. The third-order valence-electron chi connectivity index (χ3n) is 2.47. The molecule has 0 radical (unpaired) electrons. The number of carboxylic acids is 1.